The van der Waals surface area contributed by atoms with Gasteiger partial charge in [0.15, 0.2) is 0 Å². The molecular weight excluding hydrogens is 272 g/mol. The van der Waals surface area contributed by atoms with Crippen LogP contribution in [0.2, 0.25) is 5.02 Å². The number of hydrogen-bond acceptors (Lipinski definition) is 2. The minimum absolute atomic E-state index is 0.126. The predicted octanol–water partition coefficient (Wildman–Crippen LogP) is 4.52. The Labute approximate surface area is 123 Å². The van der Waals surface area contributed by atoms with Crippen LogP contribution in [0.4, 0.5) is 0 Å². The summed E-state index contributed by atoms with van der Waals surface area (Å²) in [5.41, 5.74) is 2.41. The zero-order valence-corrected chi connectivity index (χ0v) is 11.8. The topological polar surface area (TPSA) is 18.5 Å². The van der Waals surface area contributed by atoms with Gasteiger partial charge in [0.25, 0.3) is 0 Å². The molecule has 0 aliphatic carbocycles. The van der Waals surface area contributed by atoms with Crippen LogP contribution in [-0.2, 0) is 11.2 Å². The summed E-state index contributed by atoms with van der Waals surface area (Å²) in [5.74, 6) is 0.374. The van der Waals surface area contributed by atoms with E-state index < -0.39 is 5.79 Å². The molecule has 1 saturated heterocycles. The molecule has 2 atom stereocenters. The molecule has 3 heteroatoms. The predicted molar refractivity (Wildman–Crippen MR) is 78.0 cm³/mol. The smallest absolute Gasteiger partial charge is 0.215 e. The third-order valence-corrected chi connectivity index (χ3v) is 4.34. The standard InChI is InChI=1S/C17H15ClO2/c18-14-7-6-13-11-17(20-16(13)10-14)9-8-15(19-17)12-4-2-1-3-5-12/h1-7,10,15H,8-9,11H2. The number of rotatable bonds is 1. The Morgan fingerprint density at radius 1 is 1.10 bits per heavy atom. The van der Waals surface area contributed by atoms with Crippen molar-refractivity contribution in [2.45, 2.75) is 31.2 Å². The van der Waals surface area contributed by atoms with Crippen molar-refractivity contribution in [3.63, 3.8) is 0 Å². The van der Waals surface area contributed by atoms with Crippen molar-refractivity contribution in [2.75, 3.05) is 0 Å². The summed E-state index contributed by atoms with van der Waals surface area (Å²) in [4.78, 5) is 0. The maximum Gasteiger partial charge on any atom is 0.215 e. The van der Waals surface area contributed by atoms with Crippen LogP contribution in [0.5, 0.6) is 5.75 Å². The van der Waals surface area contributed by atoms with Crippen molar-refractivity contribution in [2.24, 2.45) is 0 Å². The summed E-state index contributed by atoms with van der Waals surface area (Å²) in [6.07, 6.45) is 2.84. The molecule has 0 amide bonds. The minimum atomic E-state index is -0.493. The van der Waals surface area contributed by atoms with Gasteiger partial charge in [-0.1, -0.05) is 48.0 Å². The summed E-state index contributed by atoms with van der Waals surface area (Å²) >= 11 is 6.02. The molecule has 0 aromatic heterocycles. The molecule has 2 aromatic rings. The highest BCUT2D eigenvalue weighted by atomic mass is 35.5. The molecule has 2 heterocycles. The second-order valence-electron chi connectivity index (χ2n) is 5.50. The van der Waals surface area contributed by atoms with E-state index in [0.717, 1.165) is 25.0 Å². The Morgan fingerprint density at radius 2 is 1.95 bits per heavy atom. The summed E-state index contributed by atoms with van der Waals surface area (Å²) in [7, 11) is 0. The molecule has 0 saturated carbocycles. The molecule has 2 aliphatic rings. The first-order valence-electron chi connectivity index (χ1n) is 6.94. The van der Waals surface area contributed by atoms with E-state index in [1.54, 1.807) is 0 Å². The fourth-order valence-corrected chi connectivity index (χ4v) is 3.29. The Morgan fingerprint density at radius 3 is 2.80 bits per heavy atom. The van der Waals surface area contributed by atoms with Crippen molar-refractivity contribution in [3.8, 4) is 5.75 Å². The van der Waals surface area contributed by atoms with Crippen molar-refractivity contribution >= 4 is 11.6 Å². The van der Waals surface area contributed by atoms with Gasteiger partial charge < -0.3 is 9.47 Å². The number of hydrogen-bond donors (Lipinski definition) is 0. The van der Waals surface area contributed by atoms with E-state index in [1.807, 2.05) is 36.4 Å². The van der Waals surface area contributed by atoms with Crippen LogP contribution in [0.25, 0.3) is 0 Å². The monoisotopic (exact) mass is 286 g/mol. The lowest BCUT2D eigenvalue weighted by Gasteiger charge is -2.24. The van der Waals surface area contributed by atoms with E-state index >= 15 is 0 Å². The lowest BCUT2D eigenvalue weighted by Crippen LogP contribution is -2.33. The van der Waals surface area contributed by atoms with Crippen LogP contribution < -0.4 is 4.74 Å². The van der Waals surface area contributed by atoms with E-state index in [4.69, 9.17) is 21.1 Å². The highest BCUT2D eigenvalue weighted by Gasteiger charge is 2.47. The fourth-order valence-electron chi connectivity index (χ4n) is 3.13. The number of benzene rings is 2. The number of ether oxygens (including phenoxy) is 2. The largest absolute Gasteiger partial charge is 0.462 e. The Kier molecular flexibility index (Phi) is 2.76. The van der Waals surface area contributed by atoms with Gasteiger partial charge in [-0.25, -0.2) is 0 Å². The molecule has 2 aromatic carbocycles. The summed E-state index contributed by atoms with van der Waals surface area (Å²) in [6, 6.07) is 16.2. The molecule has 20 heavy (non-hydrogen) atoms. The van der Waals surface area contributed by atoms with Gasteiger partial charge in [-0.3, -0.25) is 0 Å². The first-order valence-corrected chi connectivity index (χ1v) is 7.32. The lowest BCUT2D eigenvalue weighted by molar-refractivity contribution is -0.160. The van der Waals surface area contributed by atoms with E-state index in [-0.39, 0.29) is 6.10 Å². The van der Waals surface area contributed by atoms with Crippen molar-refractivity contribution in [1.82, 2.24) is 0 Å². The van der Waals surface area contributed by atoms with Gasteiger partial charge in [0, 0.05) is 23.4 Å². The maximum atomic E-state index is 6.25. The average Bonchev–Trinajstić information content (AvgIpc) is 3.03. The van der Waals surface area contributed by atoms with Gasteiger partial charge in [-0.15, -0.1) is 0 Å². The van der Waals surface area contributed by atoms with Gasteiger partial charge >= 0.3 is 0 Å². The third kappa shape index (κ3) is 2.00. The molecule has 4 rings (SSSR count). The van der Waals surface area contributed by atoms with Crippen molar-refractivity contribution in [3.05, 3.63) is 64.7 Å². The molecule has 1 fully saturated rings. The molecule has 0 N–H and O–H groups in total. The highest BCUT2D eigenvalue weighted by molar-refractivity contribution is 6.30. The molecular formula is C17H15ClO2. The molecule has 0 bridgehead atoms. The zero-order chi connectivity index (χ0) is 13.6. The van der Waals surface area contributed by atoms with Crippen LogP contribution in [0.3, 0.4) is 0 Å². The SMILES string of the molecule is Clc1ccc2c(c1)OC1(CCC(c3ccccc3)O1)C2. The Balaban J connectivity index is 1.58. The lowest BCUT2D eigenvalue weighted by atomic mass is 10.0. The third-order valence-electron chi connectivity index (χ3n) is 4.10. The molecule has 0 radical (unpaired) electrons. The summed E-state index contributed by atoms with van der Waals surface area (Å²) in [5, 5.41) is 0.707. The normalized spacial score (nSPS) is 27.6. The quantitative estimate of drug-likeness (QED) is 0.767. The van der Waals surface area contributed by atoms with E-state index in [9.17, 15) is 0 Å². The van der Waals surface area contributed by atoms with Crippen LogP contribution in [0.1, 0.15) is 30.1 Å². The second-order valence-corrected chi connectivity index (χ2v) is 5.93. The van der Waals surface area contributed by atoms with E-state index in [0.29, 0.717) is 5.02 Å². The van der Waals surface area contributed by atoms with Crippen molar-refractivity contribution < 1.29 is 9.47 Å². The van der Waals surface area contributed by atoms with Gasteiger partial charge in [-0.2, -0.15) is 0 Å². The van der Waals surface area contributed by atoms with Gasteiger partial charge in [0.05, 0.1) is 6.10 Å². The molecule has 2 nitrogen and oxygen atoms in total. The van der Waals surface area contributed by atoms with Crippen LogP contribution >= 0.6 is 11.6 Å². The van der Waals surface area contributed by atoms with Gasteiger partial charge in [0.2, 0.25) is 5.79 Å². The molecule has 2 aliphatic heterocycles. The van der Waals surface area contributed by atoms with Crippen LogP contribution in [0, 0.1) is 0 Å². The van der Waals surface area contributed by atoms with E-state index in [2.05, 4.69) is 12.1 Å². The maximum absolute atomic E-state index is 6.25. The molecule has 2 unspecified atom stereocenters. The summed E-state index contributed by atoms with van der Waals surface area (Å²) in [6.45, 7) is 0. The molecule has 102 valence electrons. The van der Waals surface area contributed by atoms with Crippen LogP contribution in [0.15, 0.2) is 48.5 Å². The number of fused-ring (bicyclic) bond motifs is 1. The van der Waals surface area contributed by atoms with Gasteiger partial charge in [-0.05, 0) is 24.1 Å². The Hall–Kier alpha value is -1.51. The first-order chi connectivity index (χ1) is 9.74. The fraction of sp³-hybridized carbons (Fsp3) is 0.294. The highest BCUT2D eigenvalue weighted by Crippen LogP contribution is 2.47. The zero-order valence-electron chi connectivity index (χ0n) is 11.0. The van der Waals surface area contributed by atoms with Gasteiger partial charge in [0.1, 0.15) is 5.75 Å². The average molecular weight is 287 g/mol. The second kappa shape index (κ2) is 4.51. The molecule has 1 spiro atoms. The van der Waals surface area contributed by atoms with Crippen LogP contribution in [-0.4, -0.2) is 5.79 Å². The first kappa shape index (κ1) is 12.2. The van der Waals surface area contributed by atoms with Crippen molar-refractivity contribution in [1.29, 1.82) is 0 Å². The summed E-state index contributed by atoms with van der Waals surface area (Å²) < 4.78 is 12.3. The van der Waals surface area contributed by atoms with E-state index in [1.165, 1.54) is 11.1 Å². The number of halogens is 1. The Bertz CT molecular complexity index is 641. The minimum Gasteiger partial charge on any atom is -0.462 e.